The molecular formula is C24H30N8O2. The lowest BCUT2D eigenvalue weighted by Crippen LogP contribution is -2.45. The van der Waals surface area contributed by atoms with Gasteiger partial charge < -0.3 is 20.5 Å². The van der Waals surface area contributed by atoms with E-state index in [9.17, 15) is 9.59 Å². The van der Waals surface area contributed by atoms with Crippen molar-refractivity contribution < 1.29 is 9.59 Å². The monoisotopic (exact) mass is 462 g/mol. The fraction of sp³-hybridized carbons (Fsp3) is 0.500. The normalized spacial score (nSPS) is 24.3. The molecule has 10 nitrogen and oxygen atoms in total. The van der Waals surface area contributed by atoms with Crippen molar-refractivity contribution in [3.8, 4) is 0 Å². The van der Waals surface area contributed by atoms with Crippen LogP contribution in [0.5, 0.6) is 0 Å². The molecule has 178 valence electrons. The van der Waals surface area contributed by atoms with E-state index in [1.807, 2.05) is 25.4 Å². The van der Waals surface area contributed by atoms with Crippen molar-refractivity contribution >= 4 is 28.8 Å². The number of nitrogens with one attached hydrogen (secondary N) is 3. The van der Waals surface area contributed by atoms with Gasteiger partial charge >= 0.3 is 0 Å². The van der Waals surface area contributed by atoms with Gasteiger partial charge in [0, 0.05) is 36.8 Å². The molecule has 0 aromatic carbocycles. The third-order valence-electron chi connectivity index (χ3n) is 6.80. The lowest BCUT2D eigenvalue weighted by molar-refractivity contribution is -0.119. The lowest BCUT2D eigenvalue weighted by atomic mass is 9.86. The highest BCUT2D eigenvalue weighted by Gasteiger charge is 2.33. The Labute approximate surface area is 198 Å². The molecule has 2 fully saturated rings. The molecule has 0 spiro atoms. The summed E-state index contributed by atoms with van der Waals surface area (Å²) in [5, 5.41) is 9.63. The maximum atomic E-state index is 12.5. The Bertz CT molecular complexity index is 1190. The Hall–Kier alpha value is -3.56. The van der Waals surface area contributed by atoms with Gasteiger partial charge in [-0.25, -0.2) is 19.9 Å². The van der Waals surface area contributed by atoms with Gasteiger partial charge in [0.2, 0.25) is 5.91 Å². The molecule has 0 unspecified atom stereocenters. The van der Waals surface area contributed by atoms with Crippen LogP contribution in [0.4, 0.5) is 5.82 Å². The molecule has 0 radical (unpaired) electrons. The van der Waals surface area contributed by atoms with Gasteiger partial charge in [0.05, 0.1) is 6.33 Å². The molecule has 10 heteroatoms. The Morgan fingerprint density at radius 3 is 2.47 bits per heavy atom. The number of imidazole rings is 1. The Morgan fingerprint density at radius 2 is 1.74 bits per heavy atom. The van der Waals surface area contributed by atoms with Gasteiger partial charge in [-0.05, 0) is 57.6 Å². The highest BCUT2D eigenvalue weighted by atomic mass is 16.2. The van der Waals surface area contributed by atoms with E-state index in [0.717, 1.165) is 61.2 Å². The zero-order valence-electron chi connectivity index (χ0n) is 19.5. The van der Waals surface area contributed by atoms with Crippen molar-refractivity contribution in [2.75, 3.05) is 5.32 Å². The van der Waals surface area contributed by atoms with Crippen LogP contribution in [0.25, 0.3) is 11.2 Å². The second kappa shape index (κ2) is 9.36. The summed E-state index contributed by atoms with van der Waals surface area (Å²) in [6, 6.07) is 6.35. The number of aromatic nitrogens is 5. The summed E-state index contributed by atoms with van der Waals surface area (Å²) in [6.45, 7) is 3.44. The molecule has 2 amide bonds. The van der Waals surface area contributed by atoms with Gasteiger partial charge in [0.25, 0.3) is 5.91 Å². The molecule has 0 aliphatic heterocycles. The standard InChI is InChI=1S/C24H30N8O2/c1-14-4-3-5-20(28-14)24(34)31-18-10-19(11-18)32-13-27-21-22(25-12-26-23(21)32)30-17-8-6-16(7-9-17)29-15(2)33/h3-5,12-13,16-19H,6-11H2,1-2H3,(H,29,33)(H,31,34)(H,25,26,30). The predicted molar refractivity (Wildman–Crippen MR) is 127 cm³/mol. The first-order chi connectivity index (χ1) is 16.5. The highest BCUT2D eigenvalue weighted by molar-refractivity contribution is 5.92. The number of hydrogen-bond acceptors (Lipinski definition) is 7. The fourth-order valence-electron chi connectivity index (χ4n) is 4.95. The van der Waals surface area contributed by atoms with Crippen LogP contribution in [0.2, 0.25) is 0 Å². The summed E-state index contributed by atoms with van der Waals surface area (Å²) < 4.78 is 2.09. The SMILES string of the molecule is CC(=O)NC1CCC(Nc2ncnc3c2ncn3C2CC(NC(=O)c3cccc(C)n3)C2)CC1. The molecule has 0 saturated heterocycles. The smallest absolute Gasteiger partial charge is 0.270 e. The van der Waals surface area contributed by atoms with Gasteiger partial charge in [-0.15, -0.1) is 0 Å². The minimum absolute atomic E-state index is 0.0316. The van der Waals surface area contributed by atoms with Crippen LogP contribution >= 0.6 is 0 Å². The predicted octanol–water partition coefficient (Wildman–Crippen LogP) is 2.52. The first-order valence-corrected chi connectivity index (χ1v) is 11.9. The molecule has 3 heterocycles. The largest absolute Gasteiger partial charge is 0.365 e. The summed E-state index contributed by atoms with van der Waals surface area (Å²) in [7, 11) is 0. The van der Waals surface area contributed by atoms with Crippen LogP contribution in [0, 0.1) is 6.92 Å². The Balaban J connectivity index is 1.19. The van der Waals surface area contributed by atoms with Crippen molar-refractivity contribution in [2.45, 2.75) is 76.5 Å². The zero-order valence-corrected chi connectivity index (χ0v) is 19.5. The second-order valence-corrected chi connectivity index (χ2v) is 9.40. The molecule has 2 aliphatic rings. The Kier molecular flexibility index (Phi) is 6.12. The van der Waals surface area contributed by atoms with Gasteiger partial charge in [-0.1, -0.05) is 6.07 Å². The summed E-state index contributed by atoms with van der Waals surface area (Å²) >= 11 is 0. The molecule has 3 aromatic heterocycles. The van der Waals surface area contributed by atoms with Crippen LogP contribution in [-0.4, -0.2) is 54.4 Å². The van der Waals surface area contributed by atoms with E-state index >= 15 is 0 Å². The van der Waals surface area contributed by atoms with E-state index in [2.05, 4.69) is 40.5 Å². The van der Waals surface area contributed by atoms with Gasteiger partial charge in [-0.3, -0.25) is 9.59 Å². The van der Waals surface area contributed by atoms with E-state index in [4.69, 9.17) is 0 Å². The molecule has 2 aliphatic carbocycles. The minimum Gasteiger partial charge on any atom is -0.365 e. The number of carbonyl (C=O) groups excluding carboxylic acids is 2. The number of hydrogen-bond donors (Lipinski definition) is 3. The number of anilines is 1. The molecule has 0 bridgehead atoms. The molecule has 34 heavy (non-hydrogen) atoms. The van der Waals surface area contributed by atoms with Crippen molar-refractivity contribution in [2.24, 2.45) is 0 Å². The van der Waals surface area contributed by atoms with Crippen molar-refractivity contribution in [1.29, 1.82) is 0 Å². The first-order valence-electron chi connectivity index (χ1n) is 11.9. The maximum absolute atomic E-state index is 12.5. The summed E-state index contributed by atoms with van der Waals surface area (Å²) in [5.41, 5.74) is 2.85. The number of rotatable bonds is 6. The number of carbonyl (C=O) groups is 2. The average molecular weight is 463 g/mol. The summed E-state index contributed by atoms with van der Waals surface area (Å²) in [6.07, 6.45) is 8.89. The van der Waals surface area contributed by atoms with Crippen LogP contribution in [-0.2, 0) is 4.79 Å². The maximum Gasteiger partial charge on any atom is 0.270 e. The van der Waals surface area contributed by atoms with E-state index < -0.39 is 0 Å². The molecule has 0 atom stereocenters. The second-order valence-electron chi connectivity index (χ2n) is 9.40. The van der Waals surface area contributed by atoms with E-state index in [1.165, 1.54) is 0 Å². The molecule has 5 rings (SSSR count). The topological polar surface area (TPSA) is 127 Å². The minimum atomic E-state index is -0.135. The number of pyridine rings is 1. The molecule has 3 aromatic rings. The van der Waals surface area contributed by atoms with Gasteiger partial charge in [-0.2, -0.15) is 0 Å². The van der Waals surface area contributed by atoms with E-state index in [0.29, 0.717) is 11.7 Å². The van der Waals surface area contributed by atoms with Gasteiger partial charge in [0.15, 0.2) is 11.5 Å². The van der Waals surface area contributed by atoms with Crippen molar-refractivity contribution in [1.82, 2.24) is 35.1 Å². The number of nitrogens with zero attached hydrogens (tertiary/aromatic N) is 5. The average Bonchev–Trinajstić information content (AvgIpc) is 3.21. The van der Waals surface area contributed by atoms with Crippen LogP contribution in [0.1, 0.15) is 67.7 Å². The third-order valence-corrected chi connectivity index (χ3v) is 6.80. The molecule has 3 N–H and O–H groups in total. The third kappa shape index (κ3) is 4.71. The number of amides is 2. The van der Waals surface area contributed by atoms with E-state index in [1.54, 1.807) is 19.3 Å². The zero-order chi connectivity index (χ0) is 23.7. The van der Waals surface area contributed by atoms with Gasteiger partial charge in [0.1, 0.15) is 17.5 Å². The summed E-state index contributed by atoms with van der Waals surface area (Å²) in [5.74, 6) is 0.648. The molecular weight excluding hydrogens is 432 g/mol. The van der Waals surface area contributed by atoms with Crippen molar-refractivity contribution in [3.63, 3.8) is 0 Å². The lowest BCUT2D eigenvalue weighted by Gasteiger charge is -2.36. The van der Waals surface area contributed by atoms with Crippen LogP contribution < -0.4 is 16.0 Å². The van der Waals surface area contributed by atoms with Crippen LogP contribution in [0.3, 0.4) is 0 Å². The highest BCUT2D eigenvalue weighted by Crippen LogP contribution is 2.35. The van der Waals surface area contributed by atoms with E-state index in [-0.39, 0.29) is 29.9 Å². The number of aryl methyl sites for hydroxylation is 1. The fourth-order valence-corrected chi connectivity index (χ4v) is 4.95. The van der Waals surface area contributed by atoms with Crippen molar-refractivity contribution in [3.05, 3.63) is 42.2 Å². The Morgan fingerprint density at radius 1 is 0.971 bits per heavy atom. The quantitative estimate of drug-likeness (QED) is 0.514. The van der Waals surface area contributed by atoms with Crippen LogP contribution in [0.15, 0.2) is 30.9 Å². The number of fused-ring (bicyclic) bond motifs is 1. The summed E-state index contributed by atoms with van der Waals surface area (Å²) in [4.78, 5) is 41.6. The molecule has 2 saturated carbocycles. The first kappa shape index (κ1) is 22.2.